The fraction of sp³-hybridized carbons (Fsp3) is 0.125. The van der Waals surface area contributed by atoms with Crippen molar-refractivity contribution >= 4 is 17.7 Å². The Morgan fingerprint density at radius 2 is 2.36 bits per heavy atom. The number of pyridine rings is 1. The van der Waals surface area contributed by atoms with Crippen LogP contribution in [-0.4, -0.2) is 12.1 Å². The first-order valence-electron chi connectivity index (χ1n) is 3.15. The molecule has 3 heteroatoms. The highest BCUT2D eigenvalue weighted by molar-refractivity contribution is 6.29. The summed E-state index contributed by atoms with van der Waals surface area (Å²) in [6, 6.07) is 5.41. The molecule has 0 aliphatic carbocycles. The van der Waals surface area contributed by atoms with Crippen molar-refractivity contribution < 1.29 is 4.74 Å². The molecule has 0 aromatic carbocycles. The maximum atomic E-state index is 5.64. The van der Waals surface area contributed by atoms with Gasteiger partial charge in [0.2, 0.25) is 0 Å². The zero-order valence-electron chi connectivity index (χ0n) is 6.12. The van der Waals surface area contributed by atoms with Crippen LogP contribution in [0.15, 0.2) is 24.5 Å². The van der Waals surface area contributed by atoms with Gasteiger partial charge in [0.1, 0.15) is 5.15 Å². The second-order valence-electron chi connectivity index (χ2n) is 1.92. The molecule has 0 N–H and O–H groups in total. The van der Waals surface area contributed by atoms with Crippen LogP contribution in [0.2, 0.25) is 5.15 Å². The van der Waals surface area contributed by atoms with Crippen LogP contribution in [0.1, 0.15) is 5.69 Å². The number of hydrogen-bond acceptors (Lipinski definition) is 2. The van der Waals surface area contributed by atoms with Gasteiger partial charge >= 0.3 is 0 Å². The Labute approximate surface area is 70.5 Å². The van der Waals surface area contributed by atoms with Crippen LogP contribution in [0.25, 0.3) is 6.08 Å². The van der Waals surface area contributed by atoms with Gasteiger partial charge in [-0.3, -0.25) is 0 Å². The molecule has 0 radical (unpaired) electrons. The number of ether oxygens (including phenoxy) is 1. The van der Waals surface area contributed by atoms with E-state index in [2.05, 4.69) is 4.98 Å². The van der Waals surface area contributed by atoms with Crippen molar-refractivity contribution in [2.45, 2.75) is 0 Å². The van der Waals surface area contributed by atoms with Crippen molar-refractivity contribution in [1.29, 1.82) is 0 Å². The summed E-state index contributed by atoms with van der Waals surface area (Å²) in [5, 5.41) is 0.489. The lowest BCUT2D eigenvalue weighted by Crippen LogP contribution is -1.79. The van der Waals surface area contributed by atoms with E-state index in [1.54, 1.807) is 25.5 Å². The van der Waals surface area contributed by atoms with E-state index in [-0.39, 0.29) is 0 Å². The monoisotopic (exact) mass is 169 g/mol. The van der Waals surface area contributed by atoms with E-state index >= 15 is 0 Å². The van der Waals surface area contributed by atoms with Crippen molar-refractivity contribution in [2.24, 2.45) is 0 Å². The molecule has 0 atom stereocenters. The van der Waals surface area contributed by atoms with Gasteiger partial charge in [0, 0.05) is 0 Å². The number of aromatic nitrogens is 1. The summed E-state index contributed by atoms with van der Waals surface area (Å²) in [6.45, 7) is 0. The van der Waals surface area contributed by atoms with Crippen molar-refractivity contribution in [1.82, 2.24) is 4.98 Å². The Balaban J connectivity index is 2.79. The summed E-state index contributed by atoms with van der Waals surface area (Å²) in [4.78, 5) is 4.01. The molecule has 0 fully saturated rings. The van der Waals surface area contributed by atoms with Crippen LogP contribution in [-0.2, 0) is 4.74 Å². The third kappa shape index (κ3) is 2.60. The van der Waals surface area contributed by atoms with Gasteiger partial charge in [-0.05, 0) is 18.2 Å². The molecule has 1 heterocycles. The van der Waals surface area contributed by atoms with Crippen LogP contribution < -0.4 is 0 Å². The third-order valence-corrected chi connectivity index (χ3v) is 1.32. The van der Waals surface area contributed by atoms with Gasteiger partial charge in [-0.1, -0.05) is 17.7 Å². The first-order chi connectivity index (χ1) is 5.33. The van der Waals surface area contributed by atoms with Gasteiger partial charge in [0.05, 0.1) is 19.1 Å². The minimum absolute atomic E-state index is 0.489. The minimum Gasteiger partial charge on any atom is -0.504 e. The Morgan fingerprint density at radius 3 is 3.00 bits per heavy atom. The first kappa shape index (κ1) is 8.08. The van der Waals surface area contributed by atoms with Gasteiger partial charge in [-0.2, -0.15) is 0 Å². The number of rotatable bonds is 2. The van der Waals surface area contributed by atoms with E-state index in [1.165, 1.54) is 0 Å². The molecule has 0 spiro atoms. The molecule has 1 aromatic heterocycles. The zero-order chi connectivity index (χ0) is 8.10. The number of hydrogen-bond donors (Lipinski definition) is 0. The highest BCUT2D eigenvalue weighted by atomic mass is 35.5. The van der Waals surface area contributed by atoms with Crippen LogP contribution in [0.4, 0.5) is 0 Å². The molecule has 1 rings (SSSR count). The van der Waals surface area contributed by atoms with E-state index in [9.17, 15) is 0 Å². The average Bonchev–Trinajstić information content (AvgIpc) is 2.01. The molecule has 2 nitrogen and oxygen atoms in total. The molecule has 58 valence electrons. The molecular formula is C8H8ClNO. The normalized spacial score (nSPS) is 10.4. The van der Waals surface area contributed by atoms with Crippen LogP contribution in [0.3, 0.4) is 0 Å². The smallest absolute Gasteiger partial charge is 0.129 e. The van der Waals surface area contributed by atoms with Gasteiger partial charge in [0.25, 0.3) is 0 Å². The van der Waals surface area contributed by atoms with Crippen LogP contribution in [0, 0.1) is 0 Å². The third-order valence-electron chi connectivity index (χ3n) is 1.11. The number of methoxy groups -OCH3 is 1. The summed E-state index contributed by atoms with van der Waals surface area (Å²) >= 11 is 5.64. The van der Waals surface area contributed by atoms with Crippen molar-refractivity contribution in [2.75, 3.05) is 7.11 Å². The van der Waals surface area contributed by atoms with Gasteiger partial charge < -0.3 is 4.74 Å². The molecule has 1 aromatic rings. The summed E-state index contributed by atoms with van der Waals surface area (Å²) in [7, 11) is 1.58. The lowest BCUT2D eigenvalue weighted by Gasteiger charge is -1.92. The maximum absolute atomic E-state index is 5.64. The highest BCUT2D eigenvalue weighted by Gasteiger charge is 1.88. The molecule has 0 amide bonds. The zero-order valence-corrected chi connectivity index (χ0v) is 6.88. The van der Waals surface area contributed by atoms with Gasteiger partial charge in [0.15, 0.2) is 0 Å². The maximum Gasteiger partial charge on any atom is 0.129 e. The topological polar surface area (TPSA) is 22.1 Å². The molecule has 0 saturated carbocycles. The SMILES string of the molecule is CO/C=C/c1cccc(Cl)n1. The van der Waals surface area contributed by atoms with Crippen molar-refractivity contribution in [3.63, 3.8) is 0 Å². The summed E-state index contributed by atoms with van der Waals surface area (Å²) in [5.74, 6) is 0. The Morgan fingerprint density at radius 1 is 1.55 bits per heavy atom. The second kappa shape index (κ2) is 3.98. The Hall–Kier alpha value is -1.02. The largest absolute Gasteiger partial charge is 0.504 e. The molecule has 11 heavy (non-hydrogen) atoms. The van der Waals surface area contributed by atoms with E-state index in [4.69, 9.17) is 16.3 Å². The van der Waals surface area contributed by atoms with E-state index in [1.807, 2.05) is 12.1 Å². The van der Waals surface area contributed by atoms with E-state index in [0.29, 0.717) is 5.15 Å². The quantitative estimate of drug-likeness (QED) is 0.501. The Bertz CT molecular complexity index is 260. The van der Waals surface area contributed by atoms with Gasteiger partial charge in [-0.25, -0.2) is 4.98 Å². The second-order valence-corrected chi connectivity index (χ2v) is 2.31. The highest BCUT2D eigenvalue weighted by Crippen LogP contribution is 2.05. The van der Waals surface area contributed by atoms with E-state index < -0.39 is 0 Å². The minimum atomic E-state index is 0.489. The predicted octanol–water partition coefficient (Wildman–Crippen LogP) is 2.35. The summed E-state index contributed by atoms with van der Waals surface area (Å²) in [5.41, 5.74) is 0.791. The van der Waals surface area contributed by atoms with Crippen LogP contribution in [0.5, 0.6) is 0 Å². The molecule has 0 aliphatic heterocycles. The number of halogens is 1. The molecule has 0 aliphatic rings. The fourth-order valence-electron chi connectivity index (χ4n) is 0.655. The Kier molecular flexibility index (Phi) is 2.93. The molecular weight excluding hydrogens is 162 g/mol. The fourth-order valence-corrected chi connectivity index (χ4v) is 0.825. The number of nitrogens with zero attached hydrogens (tertiary/aromatic N) is 1. The predicted molar refractivity (Wildman–Crippen MR) is 45.3 cm³/mol. The lowest BCUT2D eigenvalue weighted by molar-refractivity contribution is 0.341. The van der Waals surface area contributed by atoms with E-state index in [0.717, 1.165) is 5.69 Å². The van der Waals surface area contributed by atoms with Crippen molar-refractivity contribution in [3.05, 3.63) is 35.3 Å². The molecule has 0 saturated heterocycles. The molecule has 0 unspecified atom stereocenters. The van der Waals surface area contributed by atoms with Crippen LogP contribution >= 0.6 is 11.6 Å². The first-order valence-corrected chi connectivity index (χ1v) is 3.52. The lowest BCUT2D eigenvalue weighted by atomic mass is 10.3. The average molecular weight is 170 g/mol. The molecule has 0 bridgehead atoms. The summed E-state index contributed by atoms with van der Waals surface area (Å²) < 4.78 is 4.72. The van der Waals surface area contributed by atoms with Gasteiger partial charge in [-0.15, -0.1) is 0 Å². The summed E-state index contributed by atoms with van der Waals surface area (Å²) in [6.07, 6.45) is 3.30. The van der Waals surface area contributed by atoms with Crippen molar-refractivity contribution in [3.8, 4) is 0 Å². The standard InChI is InChI=1S/C8H8ClNO/c1-11-6-5-7-3-2-4-8(9)10-7/h2-6H,1H3/b6-5+.